The summed E-state index contributed by atoms with van der Waals surface area (Å²) in [5.41, 5.74) is 8.69. The van der Waals surface area contributed by atoms with Crippen molar-refractivity contribution in [3.8, 4) is 22.2 Å². The van der Waals surface area contributed by atoms with Gasteiger partial charge in [-0.15, -0.1) is 11.3 Å². The van der Waals surface area contributed by atoms with E-state index in [4.69, 9.17) is 19.9 Å². The molecule has 0 aliphatic carbocycles. The molecule has 0 saturated heterocycles. The third-order valence-electron chi connectivity index (χ3n) is 4.93. The van der Waals surface area contributed by atoms with E-state index in [2.05, 4.69) is 15.0 Å². The first kappa shape index (κ1) is 21.7. The van der Waals surface area contributed by atoms with E-state index in [9.17, 15) is 9.18 Å². The Labute approximate surface area is 187 Å². The second-order valence-corrected chi connectivity index (χ2v) is 8.36. The van der Waals surface area contributed by atoms with Crippen molar-refractivity contribution in [2.45, 2.75) is 33.0 Å². The van der Waals surface area contributed by atoms with Crippen LogP contribution in [0.3, 0.4) is 0 Å². The van der Waals surface area contributed by atoms with Crippen LogP contribution in [0.15, 0.2) is 30.5 Å². The molecule has 166 valence electrons. The van der Waals surface area contributed by atoms with Crippen LogP contribution in [0.2, 0.25) is 0 Å². The number of nitrogens with zero attached hydrogens (tertiary/aromatic N) is 3. The van der Waals surface area contributed by atoms with Crippen LogP contribution >= 0.6 is 11.3 Å². The molecule has 4 aromatic rings. The molecule has 0 fully saturated rings. The number of amides is 1. The maximum absolute atomic E-state index is 14.7. The summed E-state index contributed by atoms with van der Waals surface area (Å²) >= 11 is 1.39. The van der Waals surface area contributed by atoms with Crippen LogP contribution in [-0.4, -0.2) is 40.4 Å². The molecule has 1 amide bonds. The monoisotopic (exact) mass is 456 g/mol. The zero-order chi connectivity index (χ0) is 23.0. The molecule has 32 heavy (non-hydrogen) atoms. The van der Waals surface area contributed by atoms with Gasteiger partial charge in [0.25, 0.3) is 0 Å². The van der Waals surface area contributed by atoms with Crippen molar-refractivity contribution in [2.75, 3.05) is 7.11 Å². The van der Waals surface area contributed by atoms with Crippen LogP contribution in [0.4, 0.5) is 9.18 Å². The second-order valence-electron chi connectivity index (χ2n) is 7.33. The van der Waals surface area contributed by atoms with Gasteiger partial charge in [-0.1, -0.05) is 0 Å². The number of benzene rings is 2. The molecule has 0 unspecified atom stereocenters. The Hall–Kier alpha value is -3.53. The van der Waals surface area contributed by atoms with E-state index in [1.807, 2.05) is 19.1 Å². The normalized spacial score (nSPS) is 13.2. The predicted molar refractivity (Wildman–Crippen MR) is 120 cm³/mol. The van der Waals surface area contributed by atoms with E-state index in [1.165, 1.54) is 24.5 Å². The standard InChI is InChI=1S/C22H21FN4O4S/c1-10-5-13(20-16(6-10)26-19(29-4)9-25-20)21-27-15-7-14(23)17(8-18(15)32-21)30-11(2)12(3)31-22(24)28/h5-9,11-12H,1-4H3,(H2,24,28)/t11-,12+/m0/s1. The first-order chi connectivity index (χ1) is 15.2. The largest absolute Gasteiger partial charge is 0.484 e. The Kier molecular flexibility index (Phi) is 5.79. The Balaban J connectivity index is 1.73. The number of ether oxygens (including phenoxy) is 3. The molecule has 0 saturated carbocycles. The van der Waals surface area contributed by atoms with E-state index in [-0.39, 0.29) is 5.75 Å². The van der Waals surface area contributed by atoms with Gasteiger partial charge in [0.2, 0.25) is 5.88 Å². The summed E-state index contributed by atoms with van der Waals surface area (Å²) in [7, 11) is 1.54. The zero-order valence-corrected chi connectivity index (χ0v) is 18.7. The third-order valence-corrected chi connectivity index (χ3v) is 5.98. The van der Waals surface area contributed by atoms with Crippen molar-refractivity contribution in [3.05, 3.63) is 41.8 Å². The highest BCUT2D eigenvalue weighted by molar-refractivity contribution is 7.21. The number of methoxy groups -OCH3 is 1. The Morgan fingerprint density at radius 3 is 2.62 bits per heavy atom. The maximum Gasteiger partial charge on any atom is 0.404 e. The predicted octanol–water partition coefficient (Wildman–Crippen LogP) is 4.61. The number of primary amides is 1. The van der Waals surface area contributed by atoms with E-state index >= 15 is 0 Å². The van der Waals surface area contributed by atoms with Crippen LogP contribution in [0.25, 0.3) is 31.8 Å². The molecule has 0 aliphatic heterocycles. The van der Waals surface area contributed by atoms with Crippen molar-refractivity contribution in [3.63, 3.8) is 0 Å². The lowest BCUT2D eigenvalue weighted by Crippen LogP contribution is -2.33. The molecule has 2 aromatic heterocycles. The van der Waals surface area contributed by atoms with E-state index < -0.39 is 24.1 Å². The van der Waals surface area contributed by atoms with E-state index in [1.54, 1.807) is 26.1 Å². The number of carbonyl (C=O) groups is 1. The van der Waals surface area contributed by atoms with E-state index in [0.717, 1.165) is 15.8 Å². The Morgan fingerprint density at radius 1 is 1.12 bits per heavy atom. The van der Waals surface area contributed by atoms with E-state index in [0.29, 0.717) is 27.4 Å². The quantitative estimate of drug-likeness (QED) is 0.451. The van der Waals surface area contributed by atoms with Crippen LogP contribution in [0.5, 0.6) is 11.6 Å². The molecule has 2 aromatic carbocycles. The number of fused-ring (bicyclic) bond motifs is 2. The summed E-state index contributed by atoms with van der Waals surface area (Å²) in [5.74, 6) is -0.101. The second kappa shape index (κ2) is 8.54. The molecule has 8 nitrogen and oxygen atoms in total. The van der Waals surface area contributed by atoms with Crippen molar-refractivity contribution in [2.24, 2.45) is 5.73 Å². The van der Waals surface area contributed by atoms with Gasteiger partial charge in [-0.2, -0.15) is 0 Å². The highest BCUT2D eigenvalue weighted by atomic mass is 32.1. The number of rotatable bonds is 6. The highest BCUT2D eigenvalue weighted by Crippen LogP contribution is 2.37. The number of nitrogens with two attached hydrogens (primary N) is 1. The topological polar surface area (TPSA) is 109 Å². The van der Waals surface area contributed by atoms with Gasteiger partial charge in [0.1, 0.15) is 17.2 Å². The molecule has 0 bridgehead atoms. The zero-order valence-electron chi connectivity index (χ0n) is 17.9. The molecule has 10 heteroatoms. The smallest absolute Gasteiger partial charge is 0.404 e. The van der Waals surface area contributed by atoms with Crippen molar-refractivity contribution < 1.29 is 23.4 Å². The van der Waals surface area contributed by atoms with Crippen molar-refractivity contribution in [1.29, 1.82) is 0 Å². The third kappa shape index (κ3) is 4.26. The van der Waals surface area contributed by atoms with Crippen LogP contribution in [-0.2, 0) is 4.74 Å². The van der Waals surface area contributed by atoms with Gasteiger partial charge < -0.3 is 19.9 Å². The summed E-state index contributed by atoms with van der Waals surface area (Å²) in [6, 6.07) is 6.81. The molecule has 4 rings (SSSR count). The molecule has 2 N–H and O–H groups in total. The number of hydrogen-bond donors (Lipinski definition) is 1. The average Bonchev–Trinajstić information content (AvgIpc) is 3.14. The van der Waals surface area contributed by atoms with Gasteiger partial charge in [-0.05, 0) is 38.5 Å². The van der Waals surface area contributed by atoms with Crippen LogP contribution in [0.1, 0.15) is 19.4 Å². The Bertz CT molecular complexity index is 1330. The minimum atomic E-state index is -0.915. The number of hydrogen-bond acceptors (Lipinski definition) is 8. The summed E-state index contributed by atoms with van der Waals surface area (Å²) in [5, 5.41) is 0.684. The summed E-state index contributed by atoms with van der Waals surface area (Å²) in [6.45, 7) is 5.25. The molecular formula is C22H21FN4O4S. The number of halogens is 1. The van der Waals surface area contributed by atoms with Gasteiger partial charge in [0, 0.05) is 17.7 Å². The first-order valence-electron chi connectivity index (χ1n) is 9.79. The fraction of sp³-hybridized carbons (Fsp3) is 0.273. The maximum atomic E-state index is 14.7. The van der Waals surface area contributed by atoms with Crippen LogP contribution in [0, 0.1) is 12.7 Å². The van der Waals surface area contributed by atoms with Crippen molar-refractivity contribution in [1.82, 2.24) is 15.0 Å². The number of aromatic nitrogens is 3. The van der Waals surface area contributed by atoms with Gasteiger partial charge in [-0.3, -0.25) is 0 Å². The summed E-state index contributed by atoms with van der Waals surface area (Å²) in [4.78, 5) is 24.5. The molecule has 2 atom stereocenters. The number of thiazole rings is 1. The summed E-state index contributed by atoms with van der Waals surface area (Å²) in [6.07, 6.45) is -0.611. The lowest BCUT2D eigenvalue weighted by Gasteiger charge is -2.21. The van der Waals surface area contributed by atoms with Gasteiger partial charge >= 0.3 is 6.09 Å². The Morgan fingerprint density at radius 2 is 1.91 bits per heavy atom. The summed E-state index contributed by atoms with van der Waals surface area (Å²) < 4.78 is 31.2. The van der Waals surface area contributed by atoms with Gasteiger partial charge in [0.05, 0.1) is 34.6 Å². The molecule has 0 aliphatic rings. The fourth-order valence-corrected chi connectivity index (χ4v) is 4.21. The minimum Gasteiger partial charge on any atom is -0.484 e. The van der Waals surface area contributed by atoms with Crippen LogP contribution < -0.4 is 15.2 Å². The van der Waals surface area contributed by atoms with Crippen molar-refractivity contribution >= 4 is 38.7 Å². The van der Waals surface area contributed by atoms with Gasteiger partial charge in [0.15, 0.2) is 11.6 Å². The highest BCUT2D eigenvalue weighted by Gasteiger charge is 2.20. The molecule has 0 spiro atoms. The fourth-order valence-electron chi connectivity index (χ4n) is 3.22. The lowest BCUT2D eigenvalue weighted by molar-refractivity contribution is 0.0379. The molecule has 0 radical (unpaired) electrons. The molecular weight excluding hydrogens is 435 g/mol. The van der Waals surface area contributed by atoms with Gasteiger partial charge in [-0.25, -0.2) is 24.1 Å². The minimum absolute atomic E-state index is 0.0405. The SMILES string of the molecule is COc1cnc2c(-c3nc4cc(F)c(O[C@@H](C)[C@@H](C)OC(N)=O)cc4s3)cc(C)cc2n1. The molecule has 2 heterocycles. The number of aryl methyl sites for hydroxylation is 1. The lowest BCUT2D eigenvalue weighted by atomic mass is 10.1. The number of carbonyl (C=O) groups excluding carboxylic acids is 1. The first-order valence-corrected chi connectivity index (χ1v) is 10.6. The average molecular weight is 456 g/mol.